The van der Waals surface area contributed by atoms with Crippen LogP contribution in [0.25, 0.3) is 10.9 Å². The third-order valence-electron chi connectivity index (χ3n) is 5.39. The minimum atomic E-state index is 0.152. The van der Waals surface area contributed by atoms with E-state index in [0.717, 1.165) is 31.6 Å². The lowest BCUT2D eigenvalue weighted by Crippen LogP contribution is -2.44. The monoisotopic (exact) mass is 333 g/mol. The van der Waals surface area contributed by atoms with Gasteiger partial charge in [-0.25, -0.2) is 0 Å². The highest BCUT2D eigenvalue weighted by Gasteiger charge is 2.29. The number of aromatic nitrogens is 2. The lowest BCUT2D eigenvalue weighted by atomic mass is 9.91. The number of pyridine rings is 1. The fourth-order valence-corrected chi connectivity index (χ4v) is 3.94. The molecule has 1 N–H and O–H groups in total. The Bertz CT molecular complexity index is 917. The number of benzene rings is 1. The van der Waals surface area contributed by atoms with Gasteiger partial charge < -0.3 is 9.88 Å². The number of nitrogens with one attached hydrogen (secondary N) is 1. The van der Waals surface area contributed by atoms with E-state index in [2.05, 4.69) is 66.0 Å². The van der Waals surface area contributed by atoms with Crippen molar-refractivity contribution in [2.75, 3.05) is 0 Å². The quantitative estimate of drug-likeness (QED) is 0.773. The van der Waals surface area contributed by atoms with Crippen LogP contribution < -0.4 is 5.32 Å². The molecule has 0 spiro atoms. The maximum absolute atomic E-state index is 4.44. The summed E-state index contributed by atoms with van der Waals surface area (Å²) in [4.78, 5) is 4.44. The Morgan fingerprint density at radius 3 is 2.76 bits per heavy atom. The Balaban J connectivity index is 1.75. The molecule has 4 rings (SSSR count). The summed E-state index contributed by atoms with van der Waals surface area (Å²) in [5.74, 6) is 0. The SMILES string of the molecule is Cc1ccc2c(c1)c1c(n2CCc2ccc(C)nc2)CC(C)(C)NC1. The standard InChI is InChI=1S/C22H27N3/c1-15-5-8-20-18(11-15)19-14-24-22(3,4)12-21(19)25(20)10-9-17-7-6-16(2)23-13-17/h5-8,11,13,24H,9-10,12,14H2,1-4H3. The highest BCUT2D eigenvalue weighted by Crippen LogP contribution is 2.33. The molecule has 1 aliphatic heterocycles. The van der Waals surface area contributed by atoms with Crippen LogP contribution >= 0.6 is 0 Å². The van der Waals surface area contributed by atoms with Gasteiger partial charge in [-0.2, -0.15) is 0 Å². The van der Waals surface area contributed by atoms with Crippen LogP contribution in [-0.2, 0) is 25.9 Å². The lowest BCUT2D eigenvalue weighted by molar-refractivity contribution is 0.353. The first kappa shape index (κ1) is 16.3. The van der Waals surface area contributed by atoms with Gasteiger partial charge in [-0.3, -0.25) is 4.98 Å². The van der Waals surface area contributed by atoms with Crippen LogP contribution in [0.5, 0.6) is 0 Å². The predicted molar refractivity (Wildman–Crippen MR) is 104 cm³/mol. The van der Waals surface area contributed by atoms with E-state index in [0.29, 0.717) is 0 Å². The van der Waals surface area contributed by atoms with E-state index in [-0.39, 0.29) is 5.54 Å². The first-order valence-corrected chi connectivity index (χ1v) is 9.20. The van der Waals surface area contributed by atoms with Crippen LogP contribution in [0, 0.1) is 13.8 Å². The second-order valence-electron chi connectivity index (χ2n) is 8.07. The molecule has 0 aliphatic carbocycles. The second-order valence-corrected chi connectivity index (χ2v) is 8.07. The van der Waals surface area contributed by atoms with Gasteiger partial charge in [0, 0.05) is 53.5 Å². The number of fused-ring (bicyclic) bond motifs is 3. The minimum Gasteiger partial charge on any atom is -0.344 e. The summed E-state index contributed by atoms with van der Waals surface area (Å²) in [6.45, 7) is 10.8. The van der Waals surface area contributed by atoms with Crippen molar-refractivity contribution < 1.29 is 0 Å². The molecule has 2 aromatic heterocycles. The van der Waals surface area contributed by atoms with Gasteiger partial charge in [0.2, 0.25) is 0 Å². The van der Waals surface area contributed by atoms with Crippen LogP contribution in [-0.4, -0.2) is 15.1 Å². The number of hydrogen-bond donors (Lipinski definition) is 1. The van der Waals surface area contributed by atoms with E-state index in [9.17, 15) is 0 Å². The average molecular weight is 333 g/mol. The average Bonchev–Trinajstić information content (AvgIpc) is 2.85. The first-order chi connectivity index (χ1) is 11.9. The molecular weight excluding hydrogens is 306 g/mol. The van der Waals surface area contributed by atoms with Crippen molar-refractivity contribution in [1.82, 2.24) is 14.9 Å². The summed E-state index contributed by atoms with van der Waals surface area (Å²) in [7, 11) is 0. The van der Waals surface area contributed by atoms with Crippen molar-refractivity contribution in [2.24, 2.45) is 0 Å². The second kappa shape index (κ2) is 5.99. The third kappa shape index (κ3) is 3.09. The third-order valence-corrected chi connectivity index (χ3v) is 5.39. The molecule has 0 atom stereocenters. The summed E-state index contributed by atoms with van der Waals surface area (Å²) in [6.07, 6.45) is 4.11. The molecular formula is C22H27N3. The van der Waals surface area contributed by atoms with Crippen molar-refractivity contribution in [2.45, 2.75) is 59.2 Å². The molecule has 25 heavy (non-hydrogen) atoms. The van der Waals surface area contributed by atoms with E-state index < -0.39 is 0 Å². The molecule has 0 fully saturated rings. The van der Waals surface area contributed by atoms with Crippen LogP contribution in [0.1, 0.15) is 41.9 Å². The van der Waals surface area contributed by atoms with Gasteiger partial charge in [0.1, 0.15) is 0 Å². The molecule has 0 saturated carbocycles. The summed E-state index contributed by atoms with van der Waals surface area (Å²) in [5.41, 5.74) is 8.23. The molecule has 1 aromatic carbocycles. The van der Waals surface area contributed by atoms with Gasteiger partial charge in [0.25, 0.3) is 0 Å². The maximum Gasteiger partial charge on any atom is 0.0486 e. The molecule has 3 nitrogen and oxygen atoms in total. The molecule has 3 aromatic rings. The fourth-order valence-electron chi connectivity index (χ4n) is 3.94. The lowest BCUT2D eigenvalue weighted by Gasteiger charge is -2.32. The minimum absolute atomic E-state index is 0.152. The Morgan fingerprint density at radius 2 is 2.00 bits per heavy atom. The number of rotatable bonds is 3. The summed E-state index contributed by atoms with van der Waals surface area (Å²) >= 11 is 0. The maximum atomic E-state index is 4.44. The Labute approximate surface area is 150 Å². The number of nitrogens with zero attached hydrogens (tertiary/aromatic N) is 2. The van der Waals surface area contributed by atoms with E-state index in [1.54, 1.807) is 0 Å². The van der Waals surface area contributed by atoms with Crippen molar-refractivity contribution in [3.05, 3.63) is 64.6 Å². The first-order valence-electron chi connectivity index (χ1n) is 9.20. The Kier molecular flexibility index (Phi) is 3.92. The summed E-state index contributed by atoms with van der Waals surface area (Å²) < 4.78 is 2.55. The van der Waals surface area contributed by atoms with Gasteiger partial charge in [-0.05, 0) is 63.4 Å². The zero-order valence-corrected chi connectivity index (χ0v) is 15.7. The number of aryl methyl sites for hydroxylation is 4. The van der Waals surface area contributed by atoms with Crippen LogP contribution in [0.4, 0.5) is 0 Å². The van der Waals surface area contributed by atoms with E-state index >= 15 is 0 Å². The van der Waals surface area contributed by atoms with Gasteiger partial charge in [-0.1, -0.05) is 17.7 Å². The molecule has 3 heteroatoms. The van der Waals surface area contributed by atoms with Crippen LogP contribution in [0.15, 0.2) is 36.5 Å². The van der Waals surface area contributed by atoms with E-state index in [1.165, 1.54) is 33.3 Å². The zero-order chi connectivity index (χ0) is 17.6. The molecule has 1 aliphatic rings. The molecule has 0 bridgehead atoms. The van der Waals surface area contributed by atoms with Crippen molar-refractivity contribution in [3.8, 4) is 0 Å². The molecule has 3 heterocycles. The topological polar surface area (TPSA) is 29.9 Å². The molecule has 0 radical (unpaired) electrons. The predicted octanol–water partition coefficient (Wildman–Crippen LogP) is 4.32. The molecule has 130 valence electrons. The largest absolute Gasteiger partial charge is 0.344 e. The number of hydrogen-bond acceptors (Lipinski definition) is 2. The van der Waals surface area contributed by atoms with Gasteiger partial charge in [0.15, 0.2) is 0 Å². The Morgan fingerprint density at radius 1 is 1.16 bits per heavy atom. The van der Waals surface area contributed by atoms with Crippen molar-refractivity contribution in [1.29, 1.82) is 0 Å². The van der Waals surface area contributed by atoms with E-state index in [4.69, 9.17) is 0 Å². The smallest absolute Gasteiger partial charge is 0.0486 e. The highest BCUT2D eigenvalue weighted by molar-refractivity contribution is 5.86. The van der Waals surface area contributed by atoms with E-state index in [1.807, 2.05) is 13.1 Å². The molecule has 0 amide bonds. The Hall–Kier alpha value is -2.13. The van der Waals surface area contributed by atoms with Gasteiger partial charge in [-0.15, -0.1) is 0 Å². The normalized spacial score (nSPS) is 16.2. The van der Waals surface area contributed by atoms with Crippen LogP contribution in [0.2, 0.25) is 0 Å². The van der Waals surface area contributed by atoms with Crippen molar-refractivity contribution in [3.63, 3.8) is 0 Å². The van der Waals surface area contributed by atoms with Gasteiger partial charge in [0.05, 0.1) is 0 Å². The van der Waals surface area contributed by atoms with Crippen molar-refractivity contribution >= 4 is 10.9 Å². The summed E-state index contributed by atoms with van der Waals surface area (Å²) in [5, 5.41) is 5.11. The fraction of sp³-hybridized carbons (Fsp3) is 0.409. The zero-order valence-electron chi connectivity index (χ0n) is 15.7. The summed E-state index contributed by atoms with van der Waals surface area (Å²) in [6, 6.07) is 11.2. The van der Waals surface area contributed by atoms with Gasteiger partial charge >= 0.3 is 0 Å². The molecule has 0 unspecified atom stereocenters. The molecule has 0 saturated heterocycles. The van der Waals surface area contributed by atoms with Crippen LogP contribution in [0.3, 0.4) is 0 Å². The highest BCUT2D eigenvalue weighted by atomic mass is 15.0.